The van der Waals surface area contributed by atoms with Gasteiger partial charge in [-0.15, -0.1) is 0 Å². The fourth-order valence-corrected chi connectivity index (χ4v) is 2.17. The van der Waals surface area contributed by atoms with Gasteiger partial charge in [-0.2, -0.15) is 0 Å². The molecule has 0 unspecified atom stereocenters. The molecule has 0 atom stereocenters. The lowest BCUT2D eigenvalue weighted by molar-refractivity contribution is 0.0686. The molecule has 3 N–H and O–H groups in total. The molecule has 2 heterocycles. The number of ether oxygens (including phenoxy) is 2. The van der Waals surface area contributed by atoms with Crippen LogP contribution in [0.1, 0.15) is 16.1 Å². The third kappa shape index (κ3) is 1.83. The number of nitrogens with zero attached hydrogens (tertiary/aromatic N) is 1. The fraction of sp³-hybridized carbons (Fsp3) is 0.231. The van der Waals surface area contributed by atoms with Gasteiger partial charge in [-0.05, 0) is 30.2 Å². The van der Waals surface area contributed by atoms with Gasteiger partial charge in [0.2, 0.25) is 11.6 Å². The van der Waals surface area contributed by atoms with Crippen molar-refractivity contribution in [3.8, 4) is 22.6 Å². The number of benzene rings is 1. The van der Waals surface area contributed by atoms with Gasteiger partial charge in [0.25, 0.3) is 0 Å². The van der Waals surface area contributed by atoms with Crippen molar-refractivity contribution in [2.24, 2.45) is 0 Å². The Labute approximate surface area is 113 Å². The summed E-state index contributed by atoms with van der Waals surface area (Å²) in [6.07, 6.45) is 0. The van der Waals surface area contributed by atoms with E-state index in [1.807, 2.05) is 6.92 Å². The van der Waals surface area contributed by atoms with Gasteiger partial charge in [0, 0.05) is 0 Å². The van der Waals surface area contributed by atoms with E-state index in [2.05, 4.69) is 5.16 Å². The lowest BCUT2D eigenvalue weighted by Gasteiger charge is -2.20. The van der Waals surface area contributed by atoms with E-state index in [0.717, 1.165) is 5.56 Å². The summed E-state index contributed by atoms with van der Waals surface area (Å²) in [6.45, 7) is 2.76. The van der Waals surface area contributed by atoms with Crippen LogP contribution in [0.25, 0.3) is 11.1 Å². The zero-order valence-electron chi connectivity index (χ0n) is 10.7. The van der Waals surface area contributed by atoms with E-state index >= 15 is 0 Å². The van der Waals surface area contributed by atoms with Crippen LogP contribution in [0.3, 0.4) is 0 Å². The molecule has 0 saturated carbocycles. The largest absolute Gasteiger partial charge is 0.486 e. The summed E-state index contributed by atoms with van der Waals surface area (Å²) in [4.78, 5) is 11.2. The number of carboxylic acid groups (broad SMARTS) is 1. The summed E-state index contributed by atoms with van der Waals surface area (Å²) in [7, 11) is 0. The van der Waals surface area contributed by atoms with Crippen LogP contribution in [0.2, 0.25) is 0 Å². The normalized spacial score (nSPS) is 13.2. The third-order valence-corrected chi connectivity index (χ3v) is 3.08. The van der Waals surface area contributed by atoms with Crippen molar-refractivity contribution < 1.29 is 23.9 Å². The smallest absolute Gasteiger partial charge is 0.358 e. The molecule has 1 aliphatic heterocycles. The molecule has 0 aliphatic carbocycles. The number of nitrogen functional groups attached to an aromatic ring is 1. The second kappa shape index (κ2) is 4.44. The molecule has 0 spiro atoms. The molecule has 104 valence electrons. The Morgan fingerprint density at radius 2 is 1.95 bits per heavy atom. The lowest BCUT2D eigenvalue weighted by atomic mass is 9.99. The van der Waals surface area contributed by atoms with Gasteiger partial charge in [-0.1, -0.05) is 5.16 Å². The van der Waals surface area contributed by atoms with Crippen molar-refractivity contribution in [2.75, 3.05) is 18.9 Å². The first kappa shape index (κ1) is 12.3. The van der Waals surface area contributed by atoms with Gasteiger partial charge in [0.05, 0.1) is 5.56 Å². The number of anilines is 1. The molecular formula is C13H12N2O5. The Balaban J connectivity index is 2.20. The van der Waals surface area contributed by atoms with Crippen LogP contribution in [0.5, 0.6) is 11.5 Å². The minimum absolute atomic E-state index is 0.0397. The minimum Gasteiger partial charge on any atom is -0.486 e. The van der Waals surface area contributed by atoms with Crippen LogP contribution in [0, 0.1) is 6.92 Å². The van der Waals surface area contributed by atoms with E-state index in [0.29, 0.717) is 30.3 Å². The van der Waals surface area contributed by atoms with E-state index in [4.69, 9.17) is 24.8 Å². The van der Waals surface area contributed by atoms with Gasteiger partial charge < -0.3 is 24.8 Å². The van der Waals surface area contributed by atoms with Crippen LogP contribution >= 0.6 is 0 Å². The Kier molecular flexibility index (Phi) is 2.74. The molecule has 0 bridgehead atoms. The number of fused-ring (bicyclic) bond motifs is 1. The molecule has 7 heteroatoms. The SMILES string of the molecule is Cc1cc2c(cc1-c1c(C(=O)O)noc1N)OCCO2. The Hall–Kier alpha value is -2.70. The highest BCUT2D eigenvalue weighted by atomic mass is 16.6. The monoisotopic (exact) mass is 276 g/mol. The third-order valence-electron chi connectivity index (χ3n) is 3.08. The molecule has 1 aromatic carbocycles. The maximum Gasteiger partial charge on any atom is 0.358 e. The van der Waals surface area contributed by atoms with Crippen LogP contribution in [0.15, 0.2) is 16.7 Å². The average Bonchev–Trinajstić information content (AvgIpc) is 2.80. The number of carbonyl (C=O) groups is 1. The number of hydrogen-bond acceptors (Lipinski definition) is 6. The van der Waals surface area contributed by atoms with Gasteiger partial charge in [-0.3, -0.25) is 0 Å². The highest BCUT2D eigenvalue weighted by molar-refractivity contribution is 5.97. The molecule has 0 amide bonds. The summed E-state index contributed by atoms with van der Waals surface area (Å²) in [5.41, 5.74) is 7.13. The van der Waals surface area contributed by atoms with Crippen molar-refractivity contribution in [2.45, 2.75) is 6.92 Å². The van der Waals surface area contributed by atoms with Crippen LogP contribution < -0.4 is 15.2 Å². The zero-order valence-corrected chi connectivity index (χ0v) is 10.7. The first-order valence-electron chi connectivity index (χ1n) is 5.97. The van der Waals surface area contributed by atoms with E-state index in [-0.39, 0.29) is 17.1 Å². The second-order valence-electron chi connectivity index (χ2n) is 4.39. The summed E-state index contributed by atoms with van der Waals surface area (Å²) in [5.74, 6) is -0.0601. The molecule has 0 saturated heterocycles. The minimum atomic E-state index is -1.20. The first-order valence-corrected chi connectivity index (χ1v) is 5.97. The number of nitrogens with two attached hydrogens (primary N) is 1. The predicted molar refractivity (Wildman–Crippen MR) is 69.0 cm³/mol. The molecule has 2 aromatic rings. The molecular weight excluding hydrogens is 264 g/mol. The van der Waals surface area contributed by atoms with Crippen molar-refractivity contribution in [1.82, 2.24) is 5.16 Å². The number of aromatic carboxylic acids is 1. The van der Waals surface area contributed by atoms with Gasteiger partial charge >= 0.3 is 5.97 Å². The van der Waals surface area contributed by atoms with Gasteiger partial charge in [-0.25, -0.2) is 4.79 Å². The Morgan fingerprint density at radius 1 is 1.30 bits per heavy atom. The maximum absolute atomic E-state index is 11.2. The fourth-order valence-electron chi connectivity index (χ4n) is 2.17. The molecule has 20 heavy (non-hydrogen) atoms. The molecule has 7 nitrogen and oxygen atoms in total. The van der Waals surface area contributed by atoms with Crippen molar-refractivity contribution in [3.05, 3.63) is 23.4 Å². The Morgan fingerprint density at radius 3 is 2.60 bits per heavy atom. The first-order chi connectivity index (χ1) is 9.58. The van der Waals surface area contributed by atoms with Crippen molar-refractivity contribution in [1.29, 1.82) is 0 Å². The average molecular weight is 276 g/mol. The highest BCUT2D eigenvalue weighted by Gasteiger charge is 2.25. The lowest BCUT2D eigenvalue weighted by Crippen LogP contribution is -2.15. The van der Waals surface area contributed by atoms with E-state index < -0.39 is 5.97 Å². The summed E-state index contributed by atoms with van der Waals surface area (Å²) < 4.78 is 15.8. The van der Waals surface area contributed by atoms with Crippen molar-refractivity contribution in [3.63, 3.8) is 0 Å². The molecule has 1 aliphatic rings. The summed E-state index contributed by atoms with van der Waals surface area (Å²) in [6, 6.07) is 3.47. The number of carboxylic acids is 1. The Bertz CT molecular complexity index is 692. The van der Waals surface area contributed by atoms with E-state index in [1.165, 1.54) is 0 Å². The topological polar surface area (TPSA) is 108 Å². The van der Waals surface area contributed by atoms with E-state index in [1.54, 1.807) is 12.1 Å². The number of aromatic nitrogens is 1. The molecule has 3 rings (SSSR count). The summed E-state index contributed by atoms with van der Waals surface area (Å²) >= 11 is 0. The highest BCUT2D eigenvalue weighted by Crippen LogP contribution is 2.40. The number of aryl methyl sites for hydroxylation is 1. The van der Waals surface area contributed by atoms with Crippen LogP contribution in [0.4, 0.5) is 5.88 Å². The molecule has 0 fully saturated rings. The number of hydrogen-bond donors (Lipinski definition) is 2. The molecule has 0 radical (unpaired) electrons. The number of rotatable bonds is 2. The second-order valence-corrected chi connectivity index (χ2v) is 4.39. The zero-order chi connectivity index (χ0) is 14.3. The quantitative estimate of drug-likeness (QED) is 0.859. The van der Waals surface area contributed by atoms with Crippen LogP contribution in [-0.2, 0) is 0 Å². The van der Waals surface area contributed by atoms with Crippen molar-refractivity contribution >= 4 is 11.9 Å². The van der Waals surface area contributed by atoms with Crippen LogP contribution in [-0.4, -0.2) is 29.4 Å². The standard InChI is InChI=1S/C13H12N2O5/c1-6-4-8-9(19-3-2-18-8)5-7(6)10-11(13(16)17)15-20-12(10)14/h4-5H,2-3,14H2,1H3,(H,16,17). The van der Waals surface area contributed by atoms with Gasteiger partial charge in [0.1, 0.15) is 13.2 Å². The maximum atomic E-state index is 11.2. The van der Waals surface area contributed by atoms with Gasteiger partial charge in [0.15, 0.2) is 11.5 Å². The summed E-state index contributed by atoms with van der Waals surface area (Å²) in [5, 5.41) is 12.6. The molecule has 1 aromatic heterocycles. The predicted octanol–water partition coefficient (Wildman–Crippen LogP) is 1.70. The van der Waals surface area contributed by atoms with E-state index in [9.17, 15) is 4.79 Å².